The minimum absolute atomic E-state index is 0.223. The average molecular weight is 2000 g/mol. The molecular weight excluding hydrogens is 1850 g/mol. The molecule has 5 aliphatic rings. The number of fused-ring (bicyclic) bond motifs is 12. The third kappa shape index (κ3) is 30.5. The van der Waals surface area contributed by atoms with E-state index in [1.807, 2.05) is 150 Å². The van der Waals surface area contributed by atoms with Gasteiger partial charge >= 0.3 is 0 Å². The van der Waals surface area contributed by atoms with E-state index in [4.69, 9.17) is 0 Å². The Hall–Kier alpha value is -14.3. The summed E-state index contributed by atoms with van der Waals surface area (Å²) in [7, 11) is -2.85. The van der Waals surface area contributed by atoms with Gasteiger partial charge in [-0.1, -0.05) is 215 Å². The molecule has 0 bridgehead atoms. The van der Waals surface area contributed by atoms with E-state index in [2.05, 4.69) is 387 Å². The summed E-state index contributed by atoms with van der Waals surface area (Å²) in [6, 6.07) is 40.4. The SMILES string of the molecule is CC(C)C1=CN2CCN=C2C=C1.CC(C)c1cc2c[nH]cc2cn1.CC(C)c1cc2cn[nH]c2cn1.CC(C)c1ccc2c(c1)CS(=O)(=O)C2.CC(C)c1ccc2c(c1)CSC2.CC(C)c1ccc2ncnn2c1.CC(C)c1ccn2ccnc2c1.CC(C)c1ccn2ccnc2c1.CC(C)c1cnc2[nH]ccc2c1.CC(C)c1cnc2[nH]ncc2c1.CC(C)c1cnc2c(c1)CC=N2.CC(C)c1cnc2nc[nH]c2c1. The maximum absolute atomic E-state index is 11.4. The highest BCUT2D eigenvalue weighted by atomic mass is 32.2. The van der Waals surface area contributed by atoms with Gasteiger partial charge in [0.1, 0.15) is 29.1 Å². The molecule has 24 rings (SSSR count). The van der Waals surface area contributed by atoms with E-state index < -0.39 is 9.84 Å². The van der Waals surface area contributed by atoms with Gasteiger partial charge in [-0.15, -0.1) is 0 Å². The first-order chi connectivity index (χ1) is 70.0. The van der Waals surface area contributed by atoms with Crippen molar-refractivity contribution in [3.63, 3.8) is 0 Å². The van der Waals surface area contributed by atoms with Crippen LogP contribution in [0.3, 0.4) is 0 Å². The predicted molar refractivity (Wildman–Crippen MR) is 604 cm³/mol. The van der Waals surface area contributed by atoms with Crippen LogP contribution in [0.4, 0.5) is 5.82 Å². The molecule has 26 nitrogen and oxygen atoms in total. The molecule has 0 amide bonds. The Kier molecular flexibility index (Phi) is 38.4. The van der Waals surface area contributed by atoms with Gasteiger partial charge in [0.25, 0.3) is 0 Å². The van der Waals surface area contributed by atoms with Crippen molar-refractivity contribution in [1.82, 2.24) is 109 Å². The number of benzene rings is 2. The summed E-state index contributed by atoms with van der Waals surface area (Å²) in [6.07, 6.45) is 47.2. The molecule has 0 atom stereocenters. The average Bonchev–Trinajstić information content (AvgIpc) is 1.65. The number of nitrogens with one attached hydrogen (secondary N) is 5. The molecule has 22 heterocycles. The van der Waals surface area contributed by atoms with Gasteiger partial charge < -0.3 is 28.7 Å². The number of aliphatic imine (C=N–C) groups is 2. The number of hydrogen-bond donors (Lipinski definition) is 5. The van der Waals surface area contributed by atoms with Crippen LogP contribution in [0, 0.1) is 5.92 Å². The number of thioether (sulfide) groups is 1. The molecule has 0 spiro atoms. The summed E-state index contributed by atoms with van der Waals surface area (Å²) in [6.45, 7) is 54.2. The Balaban J connectivity index is 0.000000133. The zero-order valence-corrected chi connectivity index (χ0v) is 91.0. The summed E-state index contributed by atoms with van der Waals surface area (Å²) in [5, 5.41) is 23.5. The summed E-state index contributed by atoms with van der Waals surface area (Å²) in [4.78, 5) is 62.2. The van der Waals surface area contributed by atoms with E-state index >= 15 is 0 Å². The van der Waals surface area contributed by atoms with E-state index in [1.165, 1.54) is 88.9 Å². The fourth-order valence-corrected chi connectivity index (χ4v) is 18.7. The lowest BCUT2D eigenvalue weighted by Crippen LogP contribution is -2.23. The van der Waals surface area contributed by atoms with Crippen molar-refractivity contribution in [3.8, 4) is 0 Å². The van der Waals surface area contributed by atoms with Crippen molar-refractivity contribution in [2.45, 2.75) is 261 Å². The van der Waals surface area contributed by atoms with Crippen LogP contribution >= 0.6 is 11.8 Å². The molecule has 0 unspecified atom stereocenters. The second-order valence-electron chi connectivity index (χ2n) is 41.0. The fourth-order valence-electron chi connectivity index (χ4n) is 16.0. The largest absolute Gasteiger partial charge is 0.366 e. The molecule has 146 heavy (non-hydrogen) atoms. The van der Waals surface area contributed by atoms with Gasteiger partial charge in [-0.3, -0.25) is 25.2 Å². The van der Waals surface area contributed by atoms with E-state index in [-0.39, 0.29) is 11.5 Å². The van der Waals surface area contributed by atoms with Crippen LogP contribution in [-0.4, -0.2) is 142 Å². The van der Waals surface area contributed by atoms with Gasteiger partial charge in [0.05, 0.1) is 54.0 Å². The smallest absolute Gasteiger partial charge is 0.177 e. The third-order valence-corrected chi connectivity index (χ3v) is 28.2. The van der Waals surface area contributed by atoms with E-state index in [0.29, 0.717) is 71.0 Å². The van der Waals surface area contributed by atoms with Crippen molar-refractivity contribution in [2.75, 3.05) is 13.1 Å². The first kappa shape index (κ1) is 109. The first-order valence-corrected chi connectivity index (χ1v) is 54.0. The van der Waals surface area contributed by atoms with Crippen LogP contribution in [0.1, 0.15) is 321 Å². The number of sulfone groups is 1. The maximum Gasteiger partial charge on any atom is 0.177 e. The Bertz CT molecular complexity index is 6740. The standard InChI is InChI=1S/C11H14O2S.C11H14S.5C10H12N2.C10H14N2.4C9H11N3/c1-8(2)9-3-4-10-6-14(12,13)7-11(10)5-9;1-8(2)9-3-4-10-6-12-7-11(10)5-9;1-7(2)10-3-8-4-11-5-9(8)6-12-10;2*1-8(2)9-3-5-12-6-4-11-10(12)7-9;2*1-7(2)9-5-8-3-4-11-10(8)12-6-9;1-8(2)9-3-4-10-11-5-6-12(10)7-9;1-6(2)8-3-7-4-11-12-9(7)5-10-8;1-6(2)7-3-8-9(10-4-7)12-5-11-8;1-6(2)7-3-8-5-11-12-9(8)10-4-7;1-7(2)8-3-4-9-10-6-11-12(9)5-8/h3-5,8H,6-7H2,1-2H3;3-5,8H,6-7H2,1-2H3;3-7,11H,1-2H3;2*3-8H,1-2H3;4-7H,3H2,1-2H3;3-7H,1-2H3,(H,11,12);3-4,7-8H,5-6H2,1-2H3;3-6H,1-2H3,(H,11,12);2*3-6H,1-2H3,(H,10,11,12);3-7H,1-2H3. The number of imidazole rings is 3. The molecule has 19 aromatic rings. The highest BCUT2D eigenvalue weighted by Gasteiger charge is 2.25. The predicted octanol–water partition coefficient (Wildman–Crippen LogP) is 28.5. The van der Waals surface area contributed by atoms with Crippen LogP contribution in [0.2, 0.25) is 0 Å². The number of nitrogens with zero attached hydrogens (tertiary/aromatic N) is 19. The van der Waals surface area contributed by atoms with Gasteiger partial charge in [0, 0.05) is 174 Å². The molecule has 0 radical (unpaired) electrons. The molecule has 0 aliphatic carbocycles. The Labute approximate surface area is 864 Å². The fraction of sp³-hybridized carbons (Fsp3) is 0.364. The van der Waals surface area contributed by atoms with Crippen molar-refractivity contribution in [2.24, 2.45) is 15.9 Å². The minimum atomic E-state index is -2.85. The quantitative estimate of drug-likeness (QED) is 0.0759. The van der Waals surface area contributed by atoms with Crippen LogP contribution in [-0.2, 0) is 39.3 Å². The van der Waals surface area contributed by atoms with Gasteiger partial charge in [-0.05, 0) is 228 Å². The van der Waals surface area contributed by atoms with E-state index in [9.17, 15) is 8.42 Å². The van der Waals surface area contributed by atoms with Crippen molar-refractivity contribution >= 4 is 111 Å². The van der Waals surface area contributed by atoms with E-state index in [1.54, 1.807) is 34.5 Å². The number of rotatable bonds is 12. The van der Waals surface area contributed by atoms with Gasteiger partial charge in [0.15, 0.2) is 32.6 Å². The highest BCUT2D eigenvalue weighted by molar-refractivity contribution is 7.98. The summed E-state index contributed by atoms with van der Waals surface area (Å²) >= 11 is 2.02. The zero-order chi connectivity index (χ0) is 104. The molecule has 762 valence electrons. The molecule has 28 heteroatoms. The Morgan fingerprint density at radius 1 is 0.384 bits per heavy atom. The highest BCUT2D eigenvalue weighted by Crippen LogP contribution is 2.34. The normalized spacial score (nSPS) is 13.3. The van der Waals surface area contributed by atoms with Crippen molar-refractivity contribution < 1.29 is 8.42 Å². The number of hydrogen-bond acceptors (Lipinski definition) is 19. The second-order valence-corrected chi connectivity index (χ2v) is 44.0. The molecule has 2 aromatic carbocycles. The third-order valence-electron chi connectivity index (χ3n) is 25.7. The number of amidine groups is 1. The van der Waals surface area contributed by atoms with Crippen LogP contribution < -0.4 is 0 Å². The van der Waals surface area contributed by atoms with Crippen LogP contribution in [0.5, 0.6) is 0 Å². The minimum Gasteiger partial charge on any atom is -0.366 e. The number of pyridine rings is 9. The number of aromatic amines is 5. The molecule has 5 N–H and O–H groups in total. The molecule has 0 saturated heterocycles. The van der Waals surface area contributed by atoms with Crippen LogP contribution in [0.15, 0.2) is 273 Å². The molecular formula is C118H146N24O2S2. The molecule has 5 aliphatic heterocycles. The zero-order valence-electron chi connectivity index (χ0n) is 89.3. The van der Waals surface area contributed by atoms with Gasteiger partial charge in [-0.2, -0.15) is 27.1 Å². The van der Waals surface area contributed by atoms with Gasteiger partial charge in [-0.25, -0.2) is 57.8 Å². The molecule has 0 fully saturated rings. The summed E-state index contributed by atoms with van der Waals surface area (Å²) in [5.74, 6) is 11.5. The summed E-state index contributed by atoms with van der Waals surface area (Å²) < 4.78 is 28.6. The maximum atomic E-state index is 11.4. The van der Waals surface area contributed by atoms with Crippen LogP contribution in [0.25, 0.3) is 71.8 Å². The topological polar surface area (TPSA) is 322 Å². The van der Waals surface area contributed by atoms with Gasteiger partial charge in [0.2, 0.25) is 0 Å². The Morgan fingerprint density at radius 2 is 0.925 bits per heavy atom. The number of allylic oxidation sites excluding steroid dienone is 2. The summed E-state index contributed by atoms with van der Waals surface area (Å²) in [5.41, 5.74) is 29.4. The van der Waals surface area contributed by atoms with Crippen molar-refractivity contribution in [3.05, 3.63) is 353 Å². The van der Waals surface area contributed by atoms with Crippen molar-refractivity contribution in [1.29, 1.82) is 0 Å². The Morgan fingerprint density at radius 3 is 1.57 bits per heavy atom. The monoisotopic (exact) mass is 2000 g/mol. The molecule has 0 saturated carbocycles. The first-order valence-electron chi connectivity index (χ1n) is 51.1. The second kappa shape index (κ2) is 51.5. The number of aromatic nitrogens is 21. The lowest BCUT2D eigenvalue weighted by molar-refractivity contribution is 0.592. The van der Waals surface area contributed by atoms with E-state index in [0.717, 1.165) is 109 Å². The lowest BCUT2D eigenvalue weighted by atomic mass is 9.99. The number of H-pyrrole nitrogens is 5. The lowest BCUT2D eigenvalue weighted by Gasteiger charge is -2.20. The molecule has 17 aromatic heterocycles.